The van der Waals surface area contributed by atoms with E-state index < -0.39 is 33.6 Å². The number of halogens is 3. The zero-order valence-electron chi connectivity index (χ0n) is 45.9. The van der Waals surface area contributed by atoms with Crippen LogP contribution in [0.4, 0.5) is 41.7 Å². The van der Waals surface area contributed by atoms with Crippen molar-refractivity contribution in [3.05, 3.63) is 148 Å². The second-order valence-corrected chi connectivity index (χ2v) is 25.0. The summed E-state index contributed by atoms with van der Waals surface area (Å²) >= 11 is 0. The Balaban J connectivity index is 0.609. The van der Waals surface area contributed by atoms with Crippen molar-refractivity contribution in [2.24, 2.45) is 0 Å². The summed E-state index contributed by atoms with van der Waals surface area (Å²) in [4.78, 5) is 37.3. The normalized spacial score (nSPS) is 21.4. The topological polar surface area (TPSA) is 180 Å². The van der Waals surface area contributed by atoms with Crippen LogP contribution in [0.5, 0.6) is 0 Å². The van der Waals surface area contributed by atoms with E-state index in [0.717, 1.165) is 121 Å². The molecule has 424 valence electrons. The van der Waals surface area contributed by atoms with E-state index >= 15 is 0 Å². The summed E-state index contributed by atoms with van der Waals surface area (Å²) in [5.41, 5.74) is 11.0. The molecule has 1 fully saturated rings. The Morgan fingerprint density at radius 3 is 2.42 bits per heavy atom. The zero-order chi connectivity index (χ0) is 56.8. The van der Waals surface area contributed by atoms with Crippen LogP contribution in [-0.4, -0.2) is 102 Å². The summed E-state index contributed by atoms with van der Waals surface area (Å²) in [5, 5.41) is 20.9. The minimum Gasteiger partial charge on any atom is -0.366 e. The van der Waals surface area contributed by atoms with Crippen LogP contribution in [0.2, 0.25) is 0 Å². The number of piperidine rings is 1. The van der Waals surface area contributed by atoms with Gasteiger partial charge in [-0.3, -0.25) is 14.1 Å². The molecule has 1 saturated heterocycles. The number of fused-ring (bicyclic) bond motifs is 12. The van der Waals surface area contributed by atoms with E-state index in [2.05, 4.69) is 76.2 Å². The van der Waals surface area contributed by atoms with Crippen molar-refractivity contribution < 1.29 is 50.1 Å². The van der Waals surface area contributed by atoms with E-state index in [9.17, 15) is 40.8 Å². The number of aliphatic hydroxyl groups is 1. The number of benzene rings is 4. The average Bonchev–Trinajstić information content (AvgIpc) is 2.37. The summed E-state index contributed by atoms with van der Waals surface area (Å²) in [6.45, 7) is 12.6. The van der Waals surface area contributed by atoms with Crippen molar-refractivity contribution in [2.75, 3.05) is 52.7 Å². The predicted octanol–water partition coefficient (Wildman–Crippen LogP) is 9.66. The molecule has 8 heterocycles. The minimum absolute atomic E-state index is 0.0568. The zero-order valence-corrected chi connectivity index (χ0v) is 46.8. The summed E-state index contributed by atoms with van der Waals surface area (Å²) < 4.78 is 84.2. The molecule has 15 nitrogen and oxygen atoms in total. The fourth-order valence-electron chi connectivity index (χ4n) is 13.7. The number of anilines is 4. The van der Waals surface area contributed by atoms with Crippen molar-refractivity contribution in [2.45, 2.75) is 139 Å². The maximum atomic E-state index is 13.6. The number of carbonyl (C=O) groups is 2. The fraction of sp³-hybridized carbons (Fsp3) is 0.419. The number of nitrogens with one attached hydrogen (secondary N) is 3. The number of alkyl halides is 3. The van der Waals surface area contributed by atoms with Gasteiger partial charge in [0.2, 0.25) is 23.9 Å². The molecule has 4 aromatic carbocycles. The lowest BCUT2D eigenvalue weighted by Gasteiger charge is -2.48. The van der Waals surface area contributed by atoms with Gasteiger partial charge in [-0.05, 0) is 123 Å². The predicted molar refractivity (Wildman–Crippen MR) is 304 cm³/mol. The van der Waals surface area contributed by atoms with Crippen molar-refractivity contribution in [1.29, 1.82) is 0 Å². The number of pyridine rings is 1. The number of aliphatic hydroxyl groups excluding tert-OH is 1. The first-order chi connectivity index (χ1) is 38.6. The number of ether oxygens (including phenoxy) is 1. The quantitative estimate of drug-likeness (QED) is 0.0291. The molecule has 7 aliphatic rings. The second kappa shape index (κ2) is 20.7. The molecule has 4 atom stereocenters. The van der Waals surface area contributed by atoms with Crippen LogP contribution in [0, 0.1) is 0 Å². The number of unbranched alkanes of at least 4 members (excludes halogenated alkanes) is 2. The average molecular weight is 1130 g/mol. The Bertz CT molecular complexity index is 3580. The third-order valence-corrected chi connectivity index (χ3v) is 18.4. The molecule has 1 aromatic heterocycles. The lowest BCUT2D eigenvalue weighted by Crippen LogP contribution is -2.58. The molecular weight excluding hydrogens is 1060 g/mol. The first-order valence-corrected chi connectivity index (χ1v) is 29.7. The molecule has 7 aliphatic heterocycles. The van der Waals surface area contributed by atoms with E-state index in [-0.39, 0.29) is 46.8 Å². The van der Waals surface area contributed by atoms with Gasteiger partial charge in [-0.2, -0.15) is 26.2 Å². The van der Waals surface area contributed by atoms with Gasteiger partial charge in [-0.1, -0.05) is 56.7 Å². The minimum atomic E-state index is -4.49. The number of amides is 2. The van der Waals surface area contributed by atoms with E-state index in [4.69, 9.17) is 9.72 Å². The third-order valence-electron chi connectivity index (χ3n) is 17.6. The van der Waals surface area contributed by atoms with Gasteiger partial charge in [-0.25, -0.2) is 4.98 Å². The molecule has 81 heavy (non-hydrogen) atoms. The maximum absolute atomic E-state index is 13.6. The van der Waals surface area contributed by atoms with Crippen molar-refractivity contribution in [3.8, 4) is 11.3 Å². The number of nitrogens with zero attached hydrogens (tertiary/aromatic N) is 5. The number of hydrogen-bond donors (Lipinski definition) is 5. The Kier molecular flexibility index (Phi) is 14.0. The van der Waals surface area contributed by atoms with Crippen LogP contribution in [0.1, 0.15) is 107 Å². The van der Waals surface area contributed by atoms with Gasteiger partial charge in [0.15, 0.2) is 18.1 Å². The first kappa shape index (κ1) is 54.5. The van der Waals surface area contributed by atoms with Crippen LogP contribution in [0.15, 0.2) is 125 Å². The number of carbonyl (C=O) groups excluding carboxylic acids is 2. The number of aromatic nitrogens is 1. The SMILES string of the molecule is CC1(C)C2=C3C=C4C5=[N+](CCC4OC3CCN2c2ccc(CC(=O)NCCCCCC(=O)NCc3ccc(NC(O)N4c6nc(-c7cccc(C(F)(F)F)c7)ccc6N6CCC[C@H]4C6)cc3)cc21)c1ccc(S(=O)(=O)O)cc1C5(C)C. The molecular formula is C62H68F3N8O7S+. The molecule has 2 amide bonds. The molecule has 5 N–H and O–H groups in total. The highest BCUT2D eigenvalue weighted by Crippen LogP contribution is 2.55. The highest BCUT2D eigenvalue weighted by molar-refractivity contribution is 7.85. The van der Waals surface area contributed by atoms with Gasteiger partial charge in [0, 0.05) is 96.4 Å². The van der Waals surface area contributed by atoms with E-state index in [1.165, 1.54) is 23.4 Å². The molecule has 0 aliphatic carbocycles. The van der Waals surface area contributed by atoms with Gasteiger partial charge in [0.25, 0.3) is 10.1 Å². The summed E-state index contributed by atoms with van der Waals surface area (Å²) in [7, 11) is -4.37. The second-order valence-electron chi connectivity index (χ2n) is 23.6. The van der Waals surface area contributed by atoms with Crippen LogP contribution in [0.3, 0.4) is 0 Å². The number of hydrogen-bond acceptors (Lipinski definition) is 11. The van der Waals surface area contributed by atoms with Crippen molar-refractivity contribution in [3.63, 3.8) is 0 Å². The van der Waals surface area contributed by atoms with E-state index in [1.807, 2.05) is 41.3 Å². The van der Waals surface area contributed by atoms with E-state index in [0.29, 0.717) is 55.2 Å². The molecule has 19 heteroatoms. The molecule has 2 bridgehead atoms. The van der Waals surface area contributed by atoms with Gasteiger partial charge < -0.3 is 40.5 Å². The molecule has 0 saturated carbocycles. The lowest BCUT2D eigenvalue weighted by molar-refractivity contribution is -0.445. The van der Waals surface area contributed by atoms with Crippen LogP contribution < -0.4 is 30.7 Å². The highest BCUT2D eigenvalue weighted by Gasteiger charge is 2.55. The largest absolute Gasteiger partial charge is 0.416 e. The van der Waals surface area contributed by atoms with Crippen LogP contribution in [0.25, 0.3) is 11.3 Å². The van der Waals surface area contributed by atoms with Gasteiger partial charge >= 0.3 is 6.18 Å². The third kappa shape index (κ3) is 10.2. The number of allylic oxidation sites excluding steroid dienone is 1. The van der Waals surface area contributed by atoms with Crippen molar-refractivity contribution >= 4 is 56.2 Å². The van der Waals surface area contributed by atoms with Crippen molar-refractivity contribution in [1.82, 2.24) is 15.6 Å². The van der Waals surface area contributed by atoms with Gasteiger partial charge in [0.05, 0.1) is 51.9 Å². The van der Waals surface area contributed by atoms with E-state index in [1.54, 1.807) is 24.3 Å². The molecule has 0 spiro atoms. The monoisotopic (exact) mass is 1130 g/mol. The Morgan fingerprint density at radius 1 is 0.840 bits per heavy atom. The summed E-state index contributed by atoms with van der Waals surface area (Å²) in [6, 6.07) is 27.3. The molecule has 5 aromatic rings. The Labute approximate surface area is 470 Å². The Hall–Kier alpha value is -7.06. The summed E-state index contributed by atoms with van der Waals surface area (Å²) in [6.07, 6.45) is 2.71. The van der Waals surface area contributed by atoms with Crippen LogP contribution >= 0.6 is 0 Å². The molecule has 0 radical (unpaired) electrons. The van der Waals surface area contributed by atoms with Crippen LogP contribution in [-0.2, 0) is 54.4 Å². The number of rotatable bonds is 15. The maximum Gasteiger partial charge on any atom is 0.416 e. The highest BCUT2D eigenvalue weighted by atomic mass is 32.2. The molecule has 3 unspecified atom stereocenters. The van der Waals surface area contributed by atoms with Gasteiger partial charge in [0.1, 0.15) is 0 Å². The fourth-order valence-corrected chi connectivity index (χ4v) is 14.2. The smallest absolute Gasteiger partial charge is 0.366 e. The standard InChI is InChI=1S/C62H67F3N8O7S/c1-60(2)46-30-38(16-21-49(46)71-28-24-52-44(56(60)71)34-45-53(80-52)25-29-72-50-22-19-43(81(77,78)79)33-47(50)61(3,4)57(45)72)31-55(75)66-26-7-5-6-13-54(74)67-35-37-14-17-41(18-15-37)68-59(76)73-42-12-9-27-70(36-42)51-23-20-48(69-58(51)73)39-10-8-11-40(32-39)62(63,64)65/h8,10-11,14-23,30,32-34,42,52-53,59,68,76H,5-7,9,12-13,24-29,31,35-36H2,1-4H3,(H2-,66,67,74,75,77,78,79)/p+1/t42-,52?,53?,59?/m0/s1. The summed E-state index contributed by atoms with van der Waals surface area (Å²) in [5.74, 6) is 0.381. The lowest BCUT2D eigenvalue weighted by atomic mass is 9.74. The first-order valence-electron chi connectivity index (χ1n) is 28.2. The van der Waals surface area contributed by atoms with Gasteiger partial charge in [-0.15, -0.1) is 0 Å². The molecule has 12 rings (SSSR count). The Morgan fingerprint density at radius 2 is 1.63 bits per heavy atom.